The van der Waals surface area contributed by atoms with Gasteiger partial charge in [0.25, 0.3) is 17.7 Å². The van der Waals surface area contributed by atoms with Crippen LogP contribution in [0.15, 0.2) is 51.5 Å². The van der Waals surface area contributed by atoms with E-state index in [9.17, 15) is 4.79 Å². The van der Waals surface area contributed by atoms with Crippen molar-refractivity contribution < 1.29 is 23.3 Å². The number of furan rings is 1. The molecule has 0 saturated heterocycles. The molecular formula is C19H23N4O4+. The minimum Gasteiger partial charge on any atom is -0.495 e. The standard InChI is InChI=1S/C19H22N4O4/c1-3-10-23(12-17(24)20-14-7-4-5-8-15(14)25-2)13-18-21-22-19(27-18)16-9-6-11-26-16/h4-9,11H,3,10,12-13H2,1-2H3,(H,20,24)/p+1. The first-order valence-corrected chi connectivity index (χ1v) is 8.82. The van der Waals surface area contributed by atoms with Gasteiger partial charge < -0.3 is 23.8 Å². The van der Waals surface area contributed by atoms with Crippen molar-refractivity contribution in [1.29, 1.82) is 0 Å². The number of nitrogens with one attached hydrogen (secondary N) is 2. The first kappa shape index (κ1) is 18.7. The van der Waals surface area contributed by atoms with E-state index < -0.39 is 0 Å². The monoisotopic (exact) mass is 371 g/mol. The number of anilines is 1. The van der Waals surface area contributed by atoms with E-state index in [0.29, 0.717) is 35.5 Å². The number of methoxy groups -OCH3 is 1. The summed E-state index contributed by atoms with van der Waals surface area (Å²) in [5.74, 6) is 1.86. The van der Waals surface area contributed by atoms with Gasteiger partial charge in [0.1, 0.15) is 5.75 Å². The maximum Gasteiger partial charge on any atom is 0.283 e. The fourth-order valence-corrected chi connectivity index (χ4v) is 2.80. The van der Waals surface area contributed by atoms with Gasteiger partial charge in [0.2, 0.25) is 0 Å². The summed E-state index contributed by atoms with van der Waals surface area (Å²) in [6.07, 6.45) is 2.48. The first-order chi connectivity index (χ1) is 13.2. The molecule has 1 atom stereocenters. The summed E-state index contributed by atoms with van der Waals surface area (Å²) in [4.78, 5) is 13.5. The van der Waals surface area contributed by atoms with Gasteiger partial charge in [-0.25, -0.2) is 0 Å². The van der Waals surface area contributed by atoms with E-state index in [0.717, 1.165) is 17.9 Å². The minimum atomic E-state index is -0.103. The highest BCUT2D eigenvalue weighted by Crippen LogP contribution is 2.22. The van der Waals surface area contributed by atoms with Gasteiger partial charge in [-0.2, -0.15) is 0 Å². The molecule has 2 aromatic heterocycles. The predicted octanol–water partition coefficient (Wildman–Crippen LogP) is 1.77. The van der Waals surface area contributed by atoms with Gasteiger partial charge in [0.05, 0.1) is 25.6 Å². The number of benzene rings is 1. The minimum absolute atomic E-state index is 0.103. The van der Waals surface area contributed by atoms with Gasteiger partial charge in [0.15, 0.2) is 18.8 Å². The molecule has 1 unspecified atom stereocenters. The number of aromatic nitrogens is 2. The molecule has 0 aliphatic heterocycles. The van der Waals surface area contributed by atoms with Crippen LogP contribution in [0, 0.1) is 0 Å². The van der Waals surface area contributed by atoms with Crippen LogP contribution in [-0.2, 0) is 11.3 Å². The second-order valence-electron chi connectivity index (χ2n) is 6.08. The van der Waals surface area contributed by atoms with Crippen molar-refractivity contribution in [2.24, 2.45) is 0 Å². The van der Waals surface area contributed by atoms with Crippen LogP contribution in [0.3, 0.4) is 0 Å². The molecule has 0 aliphatic carbocycles. The van der Waals surface area contributed by atoms with Gasteiger partial charge in [-0.05, 0) is 30.7 Å². The topological polar surface area (TPSA) is 94.8 Å². The molecule has 8 heteroatoms. The molecule has 0 bridgehead atoms. The van der Waals surface area contributed by atoms with Crippen molar-refractivity contribution in [2.75, 3.05) is 25.5 Å². The zero-order valence-electron chi connectivity index (χ0n) is 15.4. The Morgan fingerprint density at radius 3 is 2.81 bits per heavy atom. The van der Waals surface area contributed by atoms with Gasteiger partial charge in [-0.1, -0.05) is 19.1 Å². The quantitative estimate of drug-likeness (QED) is 0.595. The van der Waals surface area contributed by atoms with Gasteiger partial charge >= 0.3 is 0 Å². The van der Waals surface area contributed by atoms with Gasteiger partial charge in [0, 0.05) is 0 Å². The lowest BCUT2D eigenvalue weighted by Gasteiger charge is -2.17. The summed E-state index contributed by atoms with van der Waals surface area (Å²) in [5, 5.41) is 11.0. The Balaban J connectivity index is 1.62. The van der Waals surface area contributed by atoms with Crippen molar-refractivity contribution in [3.8, 4) is 17.4 Å². The third kappa shape index (κ3) is 4.95. The summed E-state index contributed by atoms with van der Waals surface area (Å²) < 4.78 is 16.2. The largest absolute Gasteiger partial charge is 0.495 e. The normalized spacial score (nSPS) is 11.9. The number of nitrogens with zero attached hydrogens (tertiary/aromatic N) is 2. The fraction of sp³-hybridized carbons (Fsp3) is 0.316. The fourth-order valence-electron chi connectivity index (χ4n) is 2.80. The Morgan fingerprint density at radius 1 is 1.22 bits per heavy atom. The predicted molar refractivity (Wildman–Crippen MR) is 98.3 cm³/mol. The lowest BCUT2D eigenvalue weighted by molar-refractivity contribution is -0.907. The number of carbonyl (C=O) groups is 1. The molecule has 1 aromatic carbocycles. The highest BCUT2D eigenvalue weighted by atomic mass is 16.5. The SMILES string of the molecule is CCC[NH+](CC(=O)Nc1ccccc1OC)Cc1nnc(-c2ccco2)o1. The zero-order valence-corrected chi connectivity index (χ0v) is 15.4. The number of para-hydroxylation sites is 2. The van der Waals surface area contributed by atoms with Crippen molar-refractivity contribution in [3.63, 3.8) is 0 Å². The molecule has 0 radical (unpaired) electrons. The second-order valence-corrected chi connectivity index (χ2v) is 6.08. The van der Waals surface area contributed by atoms with Crippen LogP contribution in [0.4, 0.5) is 5.69 Å². The molecule has 142 valence electrons. The Morgan fingerprint density at radius 2 is 2.07 bits per heavy atom. The maximum atomic E-state index is 12.5. The number of amides is 1. The lowest BCUT2D eigenvalue weighted by Crippen LogP contribution is -3.11. The number of rotatable bonds is 9. The molecule has 3 aromatic rings. The van der Waals surface area contributed by atoms with Gasteiger partial charge in [-0.3, -0.25) is 4.79 Å². The Kier molecular flexibility index (Phi) is 6.22. The molecule has 3 rings (SSSR count). The summed E-state index contributed by atoms with van der Waals surface area (Å²) in [6.45, 7) is 3.61. The van der Waals surface area contributed by atoms with Crippen LogP contribution < -0.4 is 15.0 Å². The highest BCUT2D eigenvalue weighted by Gasteiger charge is 2.20. The van der Waals surface area contributed by atoms with Crippen molar-refractivity contribution in [2.45, 2.75) is 19.9 Å². The van der Waals surface area contributed by atoms with Crippen molar-refractivity contribution in [3.05, 3.63) is 48.6 Å². The highest BCUT2D eigenvalue weighted by molar-refractivity contribution is 5.92. The molecule has 8 nitrogen and oxygen atoms in total. The smallest absolute Gasteiger partial charge is 0.283 e. The maximum absolute atomic E-state index is 12.5. The van der Waals surface area contributed by atoms with Crippen LogP contribution in [0.5, 0.6) is 5.75 Å². The van der Waals surface area contributed by atoms with Crippen molar-refractivity contribution in [1.82, 2.24) is 10.2 Å². The van der Waals surface area contributed by atoms with E-state index in [1.165, 1.54) is 0 Å². The summed E-state index contributed by atoms with van der Waals surface area (Å²) >= 11 is 0. The Hall–Kier alpha value is -3.13. The molecular weight excluding hydrogens is 348 g/mol. The van der Waals surface area contributed by atoms with Crippen LogP contribution in [0.1, 0.15) is 19.2 Å². The Labute approximate surface area is 157 Å². The third-order valence-electron chi connectivity index (χ3n) is 4.00. The third-order valence-corrected chi connectivity index (χ3v) is 4.00. The van der Waals surface area contributed by atoms with E-state index in [1.54, 1.807) is 31.6 Å². The Bertz CT molecular complexity index is 860. The number of ether oxygens (including phenoxy) is 1. The van der Waals surface area contributed by atoms with E-state index in [2.05, 4.69) is 22.4 Å². The summed E-state index contributed by atoms with van der Waals surface area (Å²) in [6, 6.07) is 10.8. The first-order valence-electron chi connectivity index (χ1n) is 8.82. The number of carbonyl (C=O) groups excluding carboxylic acids is 1. The molecule has 27 heavy (non-hydrogen) atoms. The van der Waals surface area contributed by atoms with E-state index >= 15 is 0 Å². The number of hydrogen-bond donors (Lipinski definition) is 2. The van der Waals surface area contributed by atoms with Gasteiger partial charge in [-0.15, -0.1) is 10.2 Å². The molecule has 0 spiro atoms. The van der Waals surface area contributed by atoms with Crippen LogP contribution in [0.2, 0.25) is 0 Å². The van der Waals surface area contributed by atoms with Crippen LogP contribution in [0.25, 0.3) is 11.7 Å². The molecule has 0 fully saturated rings. The summed E-state index contributed by atoms with van der Waals surface area (Å²) in [5.41, 5.74) is 0.652. The van der Waals surface area contributed by atoms with E-state index in [4.69, 9.17) is 13.6 Å². The average Bonchev–Trinajstić information content (AvgIpc) is 3.34. The second kappa shape index (κ2) is 9.00. The van der Waals surface area contributed by atoms with Crippen LogP contribution >= 0.6 is 0 Å². The van der Waals surface area contributed by atoms with E-state index in [-0.39, 0.29) is 12.5 Å². The van der Waals surface area contributed by atoms with Crippen molar-refractivity contribution >= 4 is 11.6 Å². The van der Waals surface area contributed by atoms with E-state index in [1.807, 2.05) is 18.2 Å². The lowest BCUT2D eigenvalue weighted by atomic mass is 10.3. The molecule has 0 saturated carbocycles. The molecule has 2 heterocycles. The molecule has 2 N–H and O–H groups in total. The van der Waals surface area contributed by atoms with Crippen LogP contribution in [-0.4, -0.2) is 36.3 Å². The summed E-state index contributed by atoms with van der Waals surface area (Å²) in [7, 11) is 1.58. The number of quaternary nitrogens is 1. The number of hydrogen-bond acceptors (Lipinski definition) is 6. The average molecular weight is 371 g/mol. The molecule has 0 aliphatic rings. The zero-order chi connectivity index (χ0) is 19.1. The molecule has 1 amide bonds.